The highest BCUT2D eigenvalue weighted by molar-refractivity contribution is 7.89. The molecule has 0 spiro atoms. The largest absolute Gasteiger partial charge is 0.477 e. The van der Waals surface area contributed by atoms with Crippen LogP contribution in [0.1, 0.15) is 29.1 Å². The van der Waals surface area contributed by atoms with Crippen molar-refractivity contribution in [1.82, 2.24) is 14.7 Å². The van der Waals surface area contributed by atoms with Crippen LogP contribution in [-0.2, 0) is 10.0 Å². The first kappa shape index (κ1) is 14.2. The van der Waals surface area contributed by atoms with Crippen LogP contribution in [0.15, 0.2) is 41.6 Å². The molecule has 0 aliphatic heterocycles. The molecule has 0 aliphatic rings. The highest BCUT2D eigenvalue weighted by atomic mass is 32.2. The fraction of sp³-hybridized carbons (Fsp3) is 0.167. The Labute approximate surface area is 115 Å². The Morgan fingerprint density at radius 2 is 2.20 bits per heavy atom. The summed E-state index contributed by atoms with van der Waals surface area (Å²) in [6.45, 7) is 1.66. The summed E-state index contributed by atoms with van der Waals surface area (Å²) >= 11 is 0. The average Bonchev–Trinajstić information content (AvgIpc) is 2.90. The third-order valence-electron chi connectivity index (χ3n) is 2.66. The van der Waals surface area contributed by atoms with Crippen molar-refractivity contribution >= 4 is 16.0 Å². The lowest BCUT2D eigenvalue weighted by Crippen LogP contribution is -2.27. The molecule has 0 saturated heterocycles. The summed E-state index contributed by atoms with van der Waals surface area (Å²) in [6, 6.07) is 5.73. The quantitative estimate of drug-likeness (QED) is 0.766. The molecule has 0 radical (unpaired) electrons. The number of H-pyrrole nitrogens is 1. The number of aromatic nitrogens is 2. The molecule has 2 aromatic rings. The molecule has 7 nitrogen and oxygen atoms in total. The number of nitrogens with one attached hydrogen (secondary N) is 2. The second-order valence-electron chi connectivity index (χ2n) is 4.15. The molecule has 1 atom stereocenters. The molecule has 8 heteroatoms. The maximum Gasteiger partial charge on any atom is 0.352 e. The molecule has 106 valence electrons. The van der Waals surface area contributed by atoms with Gasteiger partial charge in [0, 0.05) is 12.4 Å². The number of carboxylic acids is 1. The Kier molecular flexibility index (Phi) is 3.86. The minimum Gasteiger partial charge on any atom is -0.477 e. The first-order chi connectivity index (χ1) is 9.40. The zero-order valence-electron chi connectivity index (χ0n) is 10.6. The first-order valence-corrected chi connectivity index (χ1v) is 7.23. The van der Waals surface area contributed by atoms with Gasteiger partial charge in [0.15, 0.2) is 0 Å². The van der Waals surface area contributed by atoms with E-state index in [4.69, 9.17) is 5.11 Å². The minimum atomic E-state index is -3.80. The van der Waals surface area contributed by atoms with Gasteiger partial charge in [-0.25, -0.2) is 17.9 Å². The summed E-state index contributed by atoms with van der Waals surface area (Å²) < 4.78 is 26.6. The molecule has 1 unspecified atom stereocenters. The molecule has 0 aromatic carbocycles. The van der Waals surface area contributed by atoms with Crippen molar-refractivity contribution < 1.29 is 18.3 Å². The second kappa shape index (κ2) is 5.43. The summed E-state index contributed by atoms with van der Waals surface area (Å²) in [5, 5.41) is 8.77. The second-order valence-corrected chi connectivity index (χ2v) is 5.87. The SMILES string of the molecule is CC(NS(=O)(=O)c1c[nH]c(C(=O)O)c1)c1ccccn1. The van der Waals surface area contributed by atoms with Crippen LogP contribution < -0.4 is 4.72 Å². The Hall–Kier alpha value is -2.19. The molecule has 3 N–H and O–H groups in total. The van der Waals surface area contributed by atoms with Crippen molar-refractivity contribution in [2.75, 3.05) is 0 Å². The standard InChI is InChI=1S/C12H13N3O4S/c1-8(10-4-2-3-5-13-10)15-20(18,19)9-6-11(12(16)17)14-7-9/h2-8,14-15H,1H3,(H,16,17). The van der Waals surface area contributed by atoms with Crippen molar-refractivity contribution in [3.8, 4) is 0 Å². The molecular formula is C12H13N3O4S. The van der Waals surface area contributed by atoms with Gasteiger partial charge in [-0.3, -0.25) is 4.98 Å². The minimum absolute atomic E-state index is 0.127. The number of hydrogen-bond donors (Lipinski definition) is 3. The van der Waals surface area contributed by atoms with Crippen LogP contribution >= 0.6 is 0 Å². The fourth-order valence-electron chi connectivity index (χ4n) is 1.65. The van der Waals surface area contributed by atoms with E-state index in [2.05, 4.69) is 14.7 Å². The lowest BCUT2D eigenvalue weighted by Gasteiger charge is -2.12. The lowest BCUT2D eigenvalue weighted by molar-refractivity contribution is 0.0691. The predicted molar refractivity (Wildman–Crippen MR) is 70.7 cm³/mol. The molecule has 0 saturated carbocycles. The zero-order chi connectivity index (χ0) is 14.8. The van der Waals surface area contributed by atoms with Crippen LogP contribution in [0.5, 0.6) is 0 Å². The third-order valence-corrected chi connectivity index (χ3v) is 4.18. The van der Waals surface area contributed by atoms with E-state index < -0.39 is 22.0 Å². The Balaban J connectivity index is 2.20. The maximum atomic E-state index is 12.1. The van der Waals surface area contributed by atoms with Gasteiger partial charge in [0.2, 0.25) is 10.0 Å². The van der Waals surface area contributed by atoms with Crippen LogP contribution in [0.4, 0.5) is 0 Å². The van der Waals surface area contributed by atoms with E-state index in [0.29, 0.717) is 5.69 Å². The maximum absolute atomic E-state index is 12.1. The van der Waals surface area contributed by atoms with Gasteiger partial charge in [-0.15, -0.1) is 0 Å². The number of carbonyl (C=O) groups is 1. The van der Waals surface area contributed by atoms with Crippen molar-refractivity contribution in [2.45, 2.75) is 17.9 Å². The molecule has 2 heterocycles. The van der Waals surface area contributed by atoms with Gasteiger partial charge in [0.05, 0.1) is 11.7 Å². The molecule has 2 aromatic heterocycles. The molecule has 0 aliphatic carbocycles. The summed E-state index contributed by atoms with van der Waals surface area (Å²) in [5.41, 5.74) is 0.390. The predicted octanol–water partition coefficient (Wildman–Crippen LogP) is 1.15. The van der Waals surface area contributed by atoms with Crippen molar-refractivity contribution in [3.05, 3.63) is 48.0 Å². The van der Waals surface area contributed by atoms with E-state index in [1.54, 1.807) is 31.3 Å². The van der Waals surface area contributed by atoms with Crippen molar-refractivity contribution in [2.24, 2.45) is 0 Å². The van der Waals surface area contributed by atoms with Gasteiger partial charge in [-0.2, -0.15) is 0 Å². The molecule has 2 rings (SSSR count). The number of hydrogen-bond acceptors (Lipinski definition) is 4. The van der Waals surface area contributed by atoms with E-state index >= 15 is 0 Å². The summed E-state index contributed by atoms with van der Waals surface area (Å²) in [6.07, 6.45) is 2.70. The van der Waals surface area contributed by atoms with E-state index in [1.807, 2.05) is 0 Å². The molecule has 20 heavy (non-hydrogen) atoms. The normalized spacial score (nSPS) is 13.1. The van der Waals surface area contributed by atoms with Crippen LogP contribution in [0.3, 0.4) is 0 Å². The van der Waals surface area contributed by atoms with E-state index in [1.165, 1.54) is 0 Å². The summed E-state index contributed by atoms with van der Waals surface area (Å²) in [7, 11) is -3.80. The Morgan fingerprint density at radius 1 is 1.45 bits per heavy atom. The van der Waals surface area contributed by atoms with Gasteiger partial charge in [0.25, 0.3) is 0 Å². The summed E-state index contributed by atoms with van der Waals surface area (Å²) in [4.78, 5) is 17.1. The lowest BCUT2D eigenvalue weighted by atomic mass is 10.2. The monoisotopic (exact) mass is 295 g/mol. The van der Waals surface area contributed by atoms with Crippen LogP contribution in [0.25, 0.3) is 0 Å². The van der Waals surface area contributed by atoms with Gasteiger partial charge in [0.1, 0.15) is 10.6 Å². The molecular weight excluding hydrogens is 282 g/mol. The van der Waals surface area contributed by atoms with Crippen LogP contribution in [0.2, 0.25) is 0 Å². The Bertz CT molecular complexity index is 709. The first-order valence-electron chi connectivity index (χ1n) is 5.75. The number of carboxylic acid groups (broad SMARTS) is 1. The number of rotatable bonds is 5. The average molecular weight is 295 g/mol. The van der Waals surface area contributed by atoms with E-state index in [-0.39, 0.29) is 10.6 Å². The zero-order valence-corrected chi connectivity index (χ0v) is 11.4. The van der Waals surface area contributed by atoms with Gasteiger partial charge >= 0.3 is 5.97 Å². The molecule has 0 amide bonds. The van der Waals surface area contributed by atoms with Crippen LogP contribution in [0, 0.1) is 0 Å². The summed E-state index contributed by atoms with van der Waals surface area (Å²) in [5.74, 6) is -1.22. The Morgan fingerprint density at radius 3 is 2.75 bits per heavy atom. The van der Waals surface area contributed by atoms with E-state index in [9.17, 15) is 13.2 Å². The number of pyridine rings is 1. The highest BCUT2D eigenvalue weighted by Crippen LogP contribution is 2.16. The van der Waals surface area contributed by atoms with Crippen LogP contribution in [-0.4, -0.2) is 29.5 Å². The number of aromatic amines is 1. The molecule has 0 bridgehead atoms. The number of sulfonamides is 1. The molecule has 0 fully saturated rings. The topological polar surface area (TPSA) is 112 Å². The van der Waals surface area contributed by atoms with Crippen molar-refractivity contribution in [3.63, 3.8) is 0 Å². The number of aromatic carboxylic acids is 1. The third kappa shape index (κ3) is 3.03. The van der Waals surface area contributed by atoms with Crippen molar-refractivity contribution in [1.29, 1.82) is 0 Å². The number of nitrogens with zero attached hydrogens (tertiary/aromatic N) is 1. The fourth-order valence-corrected chi connectivity index (χ4v) is 2.86. The highest BCUT2D eigenvalue weighted by Gasteiger charge is 2.21. The van der Waals surface area contributed by atoms with Gasteiger partial charge < -0.3 is 10.1 Å². The van der Waals surface area contributed by atoms with Gasteiger partial charge in [-0.05, 0) is 25.1 Å². The smallest absolute Gasteiger partial charge is 0.352 e. The van der Waals surface area contributed by atoms with E-state index in [0.717, 1.165) is 12.3 Å². The van der Waals surface area contributed by atoms with Gasteiger partial charge in [-0.1, -0.05) is 6.07 Å².